The van der Waals surface area contributed by atoms with E-state index in [0.717, 1.165) is 22.6 Å². The van der Waals surface area contributed by atoms with Crippen LogP contribution in [0.2, 0.25) is 0 Å². The Morgan fingerprint density at radius 2 is 1.05 bits per heavy atom. The number of alkyl halides is 3. The molecule has 21 heavy (non-hydrogen) atoms. The van der Waals surface area contributed by atoms with Gasteiger partial charge < -0.3 is 9.47 Å². The van der Waals surface area contributed by atoms with Crippen LogP contribution in [0, 0.1) is 0 Å². The van der Waals surface area contributed by atoms with Crippen molar-refractivity contribution < 1.29 is 9.47 Å². The summed E-state index contributed by atoms with van der Waals surface area (Å²) in [6.07, 6.45) is 0. The average Bonchev–Trinajstić information content (AvgIpc) is 2.47. The van der Waals surface area contributed by atoms with Crippen molar-refractivity contribution in [2.75, 3.05) is 14.2 Å². The SMILES string of the molecule is COc1ccc(C(c2ccc(OC)cc2)C(Br)(Br)Br)cc1. The van der Waals surface area contributed by atoms with Crippen LogP contribution < -0.4 is 9.47 Å². The highest BCUT2D eigenvalue weighted by atomic mass is 80.0. The van der Waals surface area contributed by atoms with E-state index in [1.165, 1.54) is 0 Å². The van der Waals surface area contributed by atoms with Crippen LogP contribution in [0.4, 0.5) is 0 Å². The number of hydrogen-bond donors (Lipinski definition) is 0. The van der Waals surface area contributed by atoms with Gasteiger partial charge in [-0.15, -0.1) is 0 Å². The molecular formula is C16H15Br3O2. The lowest BCUT2D eigenvalue weighted by atomic mass is 9.93. The third kappa shape index (κ3) is 4.24. The Balaban J connectivity index is 2.41. The molecule has 0 aliphatic carbocycles. The summed E-state index contributed by atoms with van der Waals surface area (Å²) in [5, 5.41) is 0. The Hall–Kier alpha value is -0.520. The van der Waals surface area contributed by atoms with Crippen LogP contribution in [0.15, 0.2) is 48.5 Å². The third-order valence-electron chi connectivity index (χ3n) is 3.23. The van der Waals surface area contributed by atoms with Crippen molar-refractivity contribution in [3.8, 4) is 11.5 Å². The van der Waals surface area contributed by atoms with Crippen molar-refractivity contribution in [3.63, 3.8) is 0 Å². The maximum Gasteiger partial charge on any atom is 0.145 e. The average molecular weight is 479 g/mol. The molecule has 0 aliphatic heterocycles. The molecule has 0 amide bonds. The molecule has 2 nitrogen and oxygen atoms in total. The molecule has 0 spiro atoms. The fourth-order valence-electron chi connectivity index (χ4n) is 2.16. The lowest BCUT2D eigenvalue weighted by Gasteiger charge is -2.27. The maximum atomic E-state index is 5.22. The molecule has 0 aromatic heterocycles. The van der Waals surface area contributed by atoms with Crippen molar-refractivity contribution in [2.24, 2.45) is 0 Å². The van der Waals surface area contributed by atoms with Crippen molar-refractivity contribution in [1.29, 1.82) is 0 Å². The molecule has 2 rings (SSSR count). The quantitative estimate of drug-likeness (QED) is 0.527. The second kappa shape index (κ2) is 7.16. The van der Waals surface area contributed by atoms with Gasteiger partial charge in [-0.25, -0.2) is 0 Å². The smallest absolute Gasteiger partial charge is 0.145 e. The Labute approximate surface area is 150 Å². The number of rotatable bonds is 4. The molecule has 0 fully saturated rings. The van der Waals surface area contributed by atoms with Crippen LogP contribution in [-0.4, -0.2) is 16.4 Å². The fraction of sp³-hybridized carbons (Fsp3) is 0.250. The maximum absolute atomic E-state index is 5.22. The van der Waals surface area contributed by atoms with Gasteiger partial charge in [0.05, 0.1) is 14.2 Å². The van der Waals surface area contributed by atoms with E-state index >= 15 is 0 Å². The first-order chi connectivity index (χ1) is 9.95. The molecule has 0 saturated carbocycles. The van der Waals surface area contributed by atoms with E-state index in [2.05, 4.69) is 72.1 Å². The van der Waals surface area contributed by atoms with Gasteiger partial charge >= 0.3 is 0 Å². The highest BCUT2D eigenvalue weighted by Crippen LogP contribution is 2.50. The summed E-state index contributed by atoms with van der Waals surface area (Å²) < 4.78 is 10.0. The number of methoxy groups -OCH3 is 2. The molecule has 0 radical (unpaired) electrons. The van der Waals surface area contributed by atoms with Gasteiger partial charge in [0.2, 0.25) is 0 Å². The molecular weight excluding hydrogens is 464 g/mol. The Morgan fingerprint density at radius 1 is 0.714 bits per heavy atom. The first-order valence-corrected chi connectivity index (χ1v) is 8.68. The first-order valence-electron chi connectivity index (χ1n) is 6.30. The molecule has 112 valence electrons. The first kappa shape index (κ1) is 16.8. The second-order valence-corrected chi connectivity index (χ2v) is 11.5. The van der Waals surface area contributed by atoms with Crippen LogP contribution in [0.25, 0.3) is 0 Å². The van der Waals surface area contributed by atoms with Crippen molar-refractivity contribution >= 4 is 47.8 Å². The van der Waals surface area contributed by atoms with Gasteiger partial charge in [0, 0.05) is 5.92 Å². The van der Waals surface area contributed by atoms with Crippen LogP contribution in [0.5, 0.6) is 11.5 Å². The summed E-state index contributed by atoms with van der Waals surface area (Å²) >= 11 is 11.0. The van der Waals surface area contributed by atoms with Gasteiger partial charge in [0.15, 0.2) is 0 Å². The molecule has 2 aromatic rings. The van der Waals surface area contributed by atoms with Crippen LogP contribution in [0.3, 0.4) is 0 Å². The number of benzene rings is 2. The lowest BCUT2D eigenvalue weighted by molar-refractivity contribution is 0.414. The standard InChI is InChI=1S/C16H15Br3O2/c1-20-13-7-3-11(4-8-13)15(16(17,18)19)12-5-9-14(21-2)10-6-12/h3-10,15H,1-2H3. The summed E-state index contributed by atoms with van der Waals surface area (Å²) in [7, 11) is 3.33. The third-order valence-corrected chi connectivity index (χ3v) is 4.60. The highest BCUT2D eigenvalue weighted by Gasteiger charge is 2.33. The van der Waals surface area contributed by atoms with E-state index in [4.69, 9.17) is 9.47 Å². The summed E-state index contributed by atoms with van der Waals surface area (Å²) in [6.45, 7) is 0. The van der Waals surface area contributed by atoms with Crippen LogP contribution in [0.1, 0.15) is 17.0 Å². The predicted octanol–water partition coefficient (Wildman–Crippen LogP) is 5.67. The molecule has 5 heteroatoms. The van der Waals surface area contributed by atoms with E-state index in [1.54, 1.807) is 14.2 Å². The summed E-state index contributed by atoms with van der Waals surface area (Å²) in [5.41, 5.74) is 2.32. The number of hydrogen-bond acceptors (Lipinski definition) is 2. The van der Waals surface area contributed by atoms with Crippen molar-refractivity contribution in [1.82, 2.24) is 0 Å². The zero-order valence-corrected chi connectivity index (χ0v) is 16.4. The largest absolute Gasteiger partial charge is 0.497 e. The van der Waals surface area contributed by atoms with Crippen molar-refractivity contribution in [2.45, 2.75) is 8.06 Å². The minimum absolute atomic E-state index is 0.0781. The van der Waals surface area contributed by atoms with Crippen LogP contribution >= 0.6 is 47.8 Å². The monoisotopic (exact) mass is 476 g/mol. The topological polar surface area (TPSA) is 18.5 Å². The Bertz CT molecular complexity index is 526. The molecule has 0 unspecified atom stereocenters. The van der Waals surface area contributed by atoms with Gasteiger partial charge in [-0.1, -0.05) is 72.1 Å². The Kier molecular flexibility index (Phi) is 5.74. The van der Waals surface area contributed by atoms with E-state index in [9.17, 15) is 0 Å². The molecule has 2 aromatic carbocycles. The van der Waals surface area contributed by atoms with Gasteiger partial charge in [-0.2, -0.15) is 0 Å². The van der Waals surface area contributed by atoms with Gasteiger partial charge in [-0.05, 0) is 35.4 Å². The molecule has 0 bridgehead atoms. The zero-order valence-electron chi connectivity index (χ0n) is 11.6. The number of halogens is 3. The lowest BCUT2D eigenvalue weighted by Crippen LogP contribution is -2.16. The highest BCUT2D eigenvalue weighted by molar-refractivity contribution is 9.39. The van der Waals surface area contributed by atoms with Crippen molar-refractivity contribution in [3.05, 3.63) is 59.7 Å². The van der Waals surface area contributed by atoms with Gasteiger partial charge in [0.25, 0.3) is 0 Å². The minimum atomic E-state index is -0.434. The molecule has 0 N–H and O–H groups in total. The number of ether oxygens (including phenoxy) is 2. The van der Waals surface area contributed by atoms with E-state index in [1.807, 2.05) is 24.3 Å². The van der Waals surface area contributed by atoms with E-state index in [-0.39, 0.29) is 5.92 Å². The summed E-state index contributed by atoms with van der Waals surface area (Å²) in [4.78, 5) is 0. The predicted molar refractivity (Wildman–Crippen MR) is 97.3 cm³/mol. The van der Waals surface area contributed by atoms with E-state index < -0.39 is 2.14 Å². The summed E-state index contributed by atoms with van der Waals surface area (Å²) in [5.74, 6) is 1.77. The Morgan fingerprint density at radius 3 is 1.29 bits per heavy atom. The fourth-order valence-corrected chi connectivity index (χ4v) is 3.75. The van der Waals surface area contributed by atoms with Gasteiger partial charge in [0.1, 0.15) is 13.6 Å². The molecule has 0 saturated heterocycles. The molecule has 0 aliphatic rings. The van der Waals surface area contributed by atoms with E-state index in [0.29, 0.717) is 0 Å². The normalized spacial score (nSPS) is 11.5. The second-order valence-electron chi connectivity index (χ2n) is 4.52. The van der Waals surface area contributed by atoms with Gasteiger partial charge in [-0.3, -0.25) is 0 Å². The van der Waals surface area contributed by atoms with Crippen LogP contribution in [-0.2, 0) is 0 Å². The zero-order chi connectivity index (χ0) is 15.5. The summed E-state index contributed by atoms with van der Waals surface area (Å²) in [6, 6.07) is 16.1. The minimum Gasteiger partial charge on any atom is -0.497 e. The molecule has 0 atom stereocenters. The molecule has 0 heterocycles.